The molecule has 270 valence electrons. The second-order valence-corrected chi connectivity index (χ2v) is 14.3. The van der Waals surface area contributed by atoms with Crippen LogP contribution in [0.2, 0.25) is 0 Å². The molecule has 2 aliphatic rings. The molecule has 1 amide bonds. The standard InChI is InChI=1S/C31H30F5N9O5S/c1-50-28-40-11-18(12-41-28)23-15-38-26(25(43-23)17-8-30(32,33)9-17)45(29(46)47)20-5-3-19(4-6-20)42-27-39-14-22(31(34,35)36)24(44-27)16-7-21(13-37-10-16)51(2,48)49/h7,10-15,17,19-20H,3-6,8-9H2,1-2H3,(H,46,47)(H,39,42,44). The van der Waals surface area contributed by atoms with Crippen LogP contribution in [0.15, 0.2) is 48.1 Å². The van der Waals surface area contributed by atoms with Crippen molar-refractivity contribution in [3.63, 3.8) is 0 Å². The van der Waals surface area contributed by atoms with Crippen molar-refractivity contribution in [1.82, 2.24) is 34.9 Å². The molecule has 0 bridgehead atoms. The molecule has 4 heterocycles. The number of hydrogen-bond donors (Lipinski definition) is 2. The molecule has 0 aliphatic heterocycles. The highest BCUT2D eigenvalue weighted by atomic mass is 32.2. The zero-order chi connectivity index (χ0) is 36.7. The monoisotopic (exact) mass is 735 g/mol. The molecule has 4 aromatic rings. The van der Waals surface area contributed by atoms with E-state index in [4.69, 9.17) is 4.74 Å². The van der Waals surface area contributed by atoms with Crippen LogP contribution in [-0.4, -0.2) is 85.9 Å². The predicted molar refractivity (Wildman–Crippen MR) is 170 cm³/mol. The topological polar surface area (TPSA) is 186 Å². The van der Waals surface area contributed by atoms with Crippen LogP contribution in [0.25, 0.3) is 22.5 Å². The van der Waals surface area contributed by atoms with Crippen molar-refractivity contribution in [1.29, 1.82) is 0 Å². The number of nitrogens with zero attached hydrogens (tertiary/aromatic N) is 8. The number of nitrogens with one attached hydrogen (secondary N) is 1. The minimum Gasteiger partial charge on any atom is -0.467 e. The van der Waals surface area contributed by atoms with Gasteiger partial charge in [-0.15, -0.1) is 0 Å². The fourth-order valence-electron chi connectivity index (χ4n) is 6.11. The van der Waals surface area contributed by atoms with Gasteiger partial charge in [-0.3, -0.25) is 9.88 Å². The van der Waals surface area contributed by atoms with Crippen molar-refractivity contribution in [2.24, 2.45) is 0 Å². The maximum atomic E-state index is 14.0. The van der Waals surface area contributed by atoms with E-state index >= 15 is 0 Å². The number of rotatable bonds is 9. The number of amides is 1. The maximum absolute atomic E-state index is 14.0. The summed E-state index contributed by atoms with van der Waals surface area (Å²) in [6, 6.07) is 0.147. The minimum absolute atomic E-state index is 0.0572. The molecule has 2 N–H and O–H groups in total. The van der Waals surface area contributed by atoms with Crippen molar-refractivity contribution in [3.8, 4) is 28.5 Å². The molecule has 2 fully saturated rings. The highest BCUT2D eigenvalue weighted by Gasteiger charge is 2.49. The van der Waals surface area contributed by atoms with Crippen LogP contribution < -0.4 is 15.0 Å². The van der Waals surface area contributed by atoms with Gasteiger partial charge >= 0.3 is 18.3 Å². The van der Waals surface area contributed by atoms with E-state index in [0.717, 1.165) is 29.6 Å². The van der Waals surface area contributed by atoms with Crippen LogP contribution in [-0.2, 0) is 16.0 Å². The third kappa shape index (κ3) is 7.79. The lowest BCUT2D eigenvalue weighted by Gasteiger charge is -2.39. The molecular formula is C31H30F5N9O5S. The molecule has 0 unspecified atom stereocenters. The smallest absolute Gasteiger partial charge is 0.419 e. The number of alkyl halides is 5. The summed E-state index contributed by atoms with van der Waals surface area (Å²) in [7, 11) is -2.39. The van der Waals surface area contributed by atoms with E-state index in [2.05, 4.69) is 40.2 Å². The Labute approximate surface area is 287 Å². The highest BCUT2D eigenvalue weighted by molar-refractivity contribution is 7.90. The van der Waals surface area contributed by atoms with Crippen LogP contribution in [0.5, 0.6) is 6.01 Å². The lowest BCUT2D eigenvalue weighted by molar-refractivity contribution is -0.137. The molecule has 20 heteroatoms. The van der Waals surface area contributed by atoms with Gasteiger partial charge in [-0.25, -0.2) is 51.9 Å². The van der Waals surface area contributed by atoms with Crippen molar-refractivity contribution >= 4 is 27.7 Å². The Balaban J connectivity index is 1.23. The quantitative estimate of drug-likeness (QED) is 0.202. The summed E-state index contributed by atoms with van der Waals surface area (Å²) >= 11 is 0. The first kappa shape index (κ1) is 35.7. The lowest BCUT2D eigenvalue weighted by atomic mass is 9.78. The SMILES string of the molecule is COc1ncc(-c2cnc(N(C(=O)O)C3CCC(Nc4ncc(C(F)(F)F)c(-c5cncc(S(C)(=O)=O)c5)n4)CC3)c(C3CC(F)(F)C3)n2)cn1. The van der Waals surface area contributed by atoms with Gasteiger partial charge in [-0.1, -0.05) is 0 Å². The Morgan fingerprint density at radius 1 is 0.961 bits per heavy atom. The van der Waals surface area contributed by atoms with Crippen molar-refractivity contribution in [3.05, 3.63) is 54.5 Å². The van der Waals surface area contributed by atoms with Gasteiger partial charge in [-0.05, 0) is 31.7 Å². The molecule has 2 aliphatic carbocycles. The molecule has 14 nitrogen and oxygen atoms in total. The fourth-order valence-corrected chi connectivity index (χ4v) is 6.71. The average molecular weight is 736 g/mol. The molecule has 4 aromatic heterocycles. The molecule has 0 atom stereocenters. The second kappa shape index (κ2) is 13.5. The van der Waals surface area contributed by atoms with Crippen molar-refractivity contribution in [2.45, 2.75) is 73.5 Å². The van der Waals surface area contributed by atoms with Gasteiger partial charge in [0.1, 0.15) is 5.56 Å². The molecule has 2 saturated carbocycles. The van der Waals surface area contributed by atoms with Crippen LogP contribution in [0.3, 0.4) is 0 Å². The molecule has 0 saturated heterocycles. The third-order valence-corrected chi connectivity index (χ3v) is 9.78. The summed E-state index contributed by atoms with van der Waals surface area (Å²) in [5, 5.41) is 13.3. The lowest BCUT2D eigenvalue weighted by Crippen LogP contribution is -2.45. The first-order chi connectivity index (χ1) is 24.0. The first-order valence-electron chi connectivity index (χ1n) is 15.5. The number of carboxylic acid groups (broad SMARTS) is 1. The van der Waals surface area contributed by atoms with Gasteiger partial charge in [0.25, 0.3) is 0 Å². The van der Waals surface area contributed by atoms with E-state index < -0.39 is 64.1 Å². The summed E-state index contributed by atoms with van der Waals surface area (Å²) in [6.07, 6.45) is 1.72. The summed E-state index contributed by atoms with van der Waals surface area (Å²) in [4.78, 5) is 42.2. The number of halogens is 5. The zero-order valence-corrected chi connectivity index (χ0v) is 27.8. The first-order valence-corrected chi connectivity index (χ1v) is 17.4. The molecule has 0 spiro atoms. The van der Waals surface area contributed by atoms with E-state index in [1.165, 1.54) is 25.7 Å². The molecular weight excluding hydrogens is 705 g/mol. The fraction of sp³-hybridized carbons (Fsp3) is 0.419. The Morgan fingerprint density at radius 3 is 2.24 bits per heavy atom. The van der Waals surface area contributed by atoms with Gasteiger partial charge in [-0.2, -0.15) is 13.2 Å². The van der Waals surface area contributed by atoms with E-state index in [1.54, 1.807) is 0 Å². The number of ether oxygens (including phenoxy) is 1. The van der Waals surface area contributed by atoms with E-state index in [1.807, 2.05) is 0 Å². The van der Waals surface area contributed by atoms with Crippen LogP contribution in [0, 0.1) is 0 Å². The largest absolute Gasteiger partial charge is 0.467 e. The Bertz CT molecular complexity index is 2040. The molecule has 0 aromatic carbocycles. The number of sulfone groups is 1. The number of pyridine rings is 1. The molecule has 0 radical (unpaired) electrons. The summed E-state index contributed by atoms with van der Waals surface area (Å²) < 4.78 is 98.8. The van der Waals surface area contributed by atoms with E-state index in [-0.39, 0.29) is 58.5 Å². The van der Waals surface area contributed by atoms with Gasteiger partial charge in [0.05, 0.1) is 35.3 Å². The van der Waals surface area contributed by atoms with E-state index in [0.29, 0.717) is 24.6 Å². The van der Waals surface area contributed by atoms with E-state index in [9.17, 15) is 40.3 Å². The summed E-state index contributed by atoms with van der Waals surface area (Å²) in [5.74, 6) is -3.88. The summed E-state index contributed by atoms with van der Waals surface area (Å²) in [6.45, 7) is 0. The minimum atomic E-state index is -4.86. The van der Waals surface area contributed by atoms with Crippen molar-refractivity contribution < 1.29 is 45.0 Å². The van der Waals surface area contributed by atoms with Gasteiger partial charge in [0, 0.05) is 79.2 Å². The predicted octanol–water partition coefficient (Wildman–Crippen LogP) is 5.64. The van der Waals surface area contributed by atoms with Crippen LogP contribution in [0.1, 0.15) is 55.7 Å². The summed E-state index contributed by atoms with van der Waals surface area (Å²) in [5.41, 5.74) is -1.14. The number of aromatic nitrogens is 7. The van der Waals surface area contributed by atoms with Crippen LogP contribution in [0.4, 0.5) is 38.5 Å². The normalized spacial score (nSPS) is 19.2. The van der Waals surface area contributed by atoms with Crippen molar-refractivity contribution in [2.75, 3.05) is 23.6 Å². The zero-order valence-electron chi connectivity index (χ0n) is 27.0. The molecule has 6 rings (SSSR count). The van der Waals surface area contributed by atoms with Crippen LogP contribution >= 0.6 is 0 Å². The van der Waals surface area contributed by atoms with Gasteiger partial charge < -0.3 is 15.2 Å². The number of hydrogen-bond acceptors (Lipinski definition) is 12. The second-order valence-electron chi connectivity index (χ2n) is 12.3. The third-order valence-electron chi connectivity index (χ3n) is 8.70. The molecule has 51 heavy (non-hydrogen) atoms. The Kier molecular flexibility index (Phi) is 9.47. The Morgan fingerprint density at radius 2 is 1.65 bits per heavy atom. The van der Waals surface area contributed by atoms with Gasteiger partial charge in [0.2, 0.25) is 11.9 Å². The number of anilines is 2. The number of methoxy groups -OCH3 is 1. The average Bonchev–Trinajstić information content (AvgIpc) is 3.07. The Hall–Kier alpha value is -5.14. The highest BCUT2D eigenvalue weighted by Crippen LogP contribution is 2.50. The maximum Gasteiger partial charge on any atom is 0.419 e. The van der Waals surface area contributed by atoms with Gasteiger partial charge in [0.15, 0.2) is 15.7 Å². The number of carbonyl (C=O) groups is 1.